The van der Waals surface area contributed by atoms with Crippen molar-refractivity contribution in [3.63, 3.8) is 0 Å². The zero-order chi connectivity index (χ0) is 13.8. The van der Waals surface area contributed by atoms with E-state index in [0.717, 1.165) is 0 Å². The van der Waals surface area contributed by atoms with Crippen molar-refractivity contribution >= 4 is 10.8 Å². The molecule has 0 N–H and O–H groups in total. The fourth-order valence-electron chi connectivity index (χ4n) is 3.55. The van der Waals surface area contributed by atoms with Gasteiger partial charge in [0, 0.05) is 25.8 Å². The summed E-state index contributed by atoms with van der Waals surface area (Å²) in [6.45, 7) is 11.7. The second-order valence-electron chi connectivity index (χ2n) is 8.32. The van der Waals surface area contributed by atoms with Crippen molar-refractivity contribution in [3.05, 3.63) is 55.8 Å². The molecule has 2 aromatic rings. The third-order valence-corrected chi connectivity index (χ3v) is 4.24. The van der Waals surface area contributed by atoms with Crippen molar-refractivity contribution < 1.29 is 25.8 Å². The third kappa shape index (κ3) is 4.37. The molecule has 0 bridgehead atoms. The number of fused-ring (bicyclic) bond motifs is 2. The Hall–Kier alpha value is -0.300. The van der Waals surface area contributed by atoms with Crippen molar-refractivity contribution in [3.8, 4) is 0 Å². The summed E-state index contributed by atoms with van der Waals surface area (Å²) in [4.78, 5) is 0. The maximum Gasteiger partial charge on any atom is 0 e. The molecule has 0 spiro atoms. The third-order valence-electron chi connectivity index (χ3n) is 4.24. The number of hydrogen-bond acceptors (Lipinski definition) is 0. The van der Waals surface area contributed by atoms with Crippen LogP contribution in [0.5, 0.6) is 0 Å². The molecule has 1 aliphatic rings. The van der Waals surface area contributed by atoms with Gasteiger partial charge in [0.1, 0.15) is 0 Å². The van der Waals surface area contributed by atoms with Gasteiger partial charge >= 0.3 is 0 Å². The van der Waals surface area contributed by atoms with Crippen LogP contribution in [0.15, 0.2) is 24.3 Å². The second-order valence-corrected chi connectivity index (χ2v) is 8.32. The minimum absolute atomic E-state index is 0. The Labute approximate surface area is 156 Å². The molecule has 0 unspecified atom stereocenters. The largest absolute Gasteiger partial charge is 0.358 e. The summed E-state index contributed by atoms with van der Waals surface area (Å²) < 4.78 is 0. The van der Waals surface area contributed by atoms with Gasteiger partial charge in [-0.15, -0.1) is 34.5 Å². The van der Waals surface area contributed by atoms with Gasteiger partial charge in [-0.1, -0.05) is 52.2 Å². The topological polar surface area (TPSA) is 0 Å². The van der Waals surface area contributed by atoms with E-state index >= 15 is 0 Å². The number of benzene rings is 1. The Bertz CT molecular complexity index is 623. The molecule has 122 valence electrons. The Kier molecular flexibility index (Phi) is 6.98. The van der Waals surface area contributed by atoms with Gasteiger partial charge in [-0.3, -0.25) is 0 Å². The smallest absolute Gasteiger partial charge is 0 e. The molecule has 1 aliphatic carbocycles. The van der Waals surface area contributed by atoms with Crippen LogP contribution in [0.3, 0.4) is 0 Å². The van der Waals surface area contributed by atoms with Crippen LogP contribution in [0.25, 0.3) is 10.8 Å². The van der Waals surface area contributed by atoms with Gasteiger partial charge in [-0.2, -0.15) is 6.07 Å². The molecule has 3 rings (SSSR count). The molecule has 0 heterocycles. The monoisotopic (exact) mass is 463 g/mol. The molecule has 0 radical (unpaired) electrons. The zero-order valence-electron chi connectivity index (χ0n) is 15.4. The van der Waals surface area contributed by atoms with Crippen LogP contribution < -0.4 is 0 Å². The average Bonchev–Trinajstić information content (AvgIpc) is 2.72. The summed E-state index contributed by atoms with van der Waals surface area (Å²) in [6.07, 6.45) is 3.63. The van der Waals surface area contributed by atoms with E-state index in [4.69, 9.17) is 0 Å². The molecule has 0 atom stereocenters. The molecule has 0 aliphatic heterocycles. The maximum atomic E-state index is 2.47. The van der Waals surface area contributed by atoms with E-state index in [1.54, 1.807) is 11.1 Å². The zero-order valence-corrected chi connectivity index (χ0v) is 19.0. The van der Waals surface area contributed by atoms with Crippen LogP contribution in [0.4, 0.5) is 0 Å². The molecule has 0 saturated carbocycles. The first-order valence-corrected chi connectivity index (χ1v) is 7.44. The van der Waals surface area contributed by atoms with Gasteiger partial charge < -0.3 is 14.9 Å². The average molecular weight is 462 g/mol. The first-order chi connectivity index (χ1) is 8.73. The van der Waals surface area contributed by atoms with Gasteiger partial charge in [0.15, 0.2) is 0 Å². The van der Waals surface area contributed by atoms with Gasteiger partial charge in [0.25, 0.3) is 0 Å². The summed E-state index contributed by atoms with van der Waals surface area (Å²) in [5, 5.41) is 2.93. The van der Waals surface area contributed by atoms with Crippen molar-refractivity contribution in [1.29, 1.82) is 0 Å². The van der Waals surface area contributed by atoms with E-state index in [1.807, 2.05) is 0 Å². The molecular weight excluding hydrogens is 431 g/mol. The molecule has 2 aromatic carbocycles. The van der Waals surface area contributed by atoms with Gasteiger partial charge in [0.05, 0.1) is 0 Å². The Morgan fingerprint density at radius 2 is 1.59 bits per heavy atom. The summed E-state index contributed by atoms with van der Waals surface area (Å²) in [7, 11) is 0. The molecule has 1 heteroatoms. The Morgan fingerprint density at radius 3 is 2.14 bits per heavy atom. The van der Waals surface area contributed by atoms with Gasteiger partial charge in [-0.05, 0) is 23.7 Å². The van der Waals surface area contributed by atoms with Gasteiger partial charge in [-0.25, -0.2) is 0 Å². The van der Waals surface area contributed by atoms with Crippen LogP contribution in [0.2, 0.25) is 0 Å². The van der Waals surface area contributed by atoms with Crippen LogP contribution in [-0.2, 0) is 45.1 Å². The molecule has 22 heavy (non-hydrogen) atoms. The van der Waals surface area contributed by atoms with Crippen molar-refractivity contribution in [2.24, 2.45) is 10.8 Å². The summed E-state index contributed by atoms with van der Waals surface area (Å²) in [5.41, 5.74) is 5.49. The van der Waals surface area contributed by atoms with Crippen molar-refractivity contribution in [1.82, 2.24) is 0 Å². The van der Waals surface area contributed by atoms with Crippen LogP contribution in [0.1, 0.15) is 51.3 Å². The Morgan fingerprint density at radius 1 is 1.05 bits per heavy atom. The van der Waals surface area contributed by atoms with Crippen molar-refractivity contribution in [2.45, 2.75) is 53.9 Å². The molecule has 0 saturated heterocycles. The van der Waals surface area contributed by atoms with Crippen LogP contribution in [-0.4, -0.2) is 0 Å². The van der Waals surface area contributed by atoms with Crippen LogP contribution in [0, 0.1) is 25.7 Å². The van der Waals surface area contributed by atoms with Crippen molar-refractivity contribution in [2.75, 3.05) is 0 Å². The minimum Gasteiger partial charge on any atom is -0.358 e. The predicted octanol–water partition coefficient (Wildman–Crippen LogP) is 6.17. The molecule has 0 nitrogen and oxygen atoms in total. The first-order valence-electron chi connectivity index (χ1n) is 7.44. The predicted molar refractivity (Wildman–Crippen MR) is 96.7 cm³/mol. The second kappa shape index (κ2) is 7.07. The Balaban J connectivity index is 0.00000147. The summed E-state index contributed by atoms with van der Waals surface area (Å²) >= 11 is 0. The maximum absolute atomic E-state index is 2.47. The number of rotatable bonds is 1. The van der Waals surface area contributed by atoms with E-state index in [9.17, 15) is 0 Å². The quantitative estimate of drug-likeness (QED) is 0.352. The fourth-order valence-corrected chi connectivity index (χ4v) is 3.55. The normalized spacial score (nSPS) is 15.5. The summed E-state index contributed by atoms with van der Waals surface area (Å²) in [5.74, 6) is 0. The first kappa shape index (κ1) is 21.7. The van der Waals surface area contributed by atoms with Crippen LogP contribution >= 0.6 is 0 Å². The minimum atomic E-state index is 0. The standard InChI is InChI=1S/C19H25.2CH3.Hf/c1-18(2,3)10-14-7-6-13-8-15-11-19(4,5)12-16(15)9-17(13)14;;;/h6-9H,10-12H2,1-5H3;2*1H3;/q3*-1;. The van der Waals surface area contributed by atoms with E-state index in [0.29, 0.717) is 10.8 Å². The molecule has 0 fully saturated rings. The van der Waals surface area contributed by atoms with E-state index in [2.05, 4.69) is 58.9 Å². The summed E-state index contributed by atoms with van der Waals surface area (Å²) in [6, 6.07) is 9.55. The van der Waals surface area contributed by atoms with Gasteiger partial charge in [0.2, 0.25) is 0 Å². The fraction of sp³-hybridized carbons (Fsp3) is 0.476. The molecular formula is C21H31Hf-3. The molecule has 0 amide bonds. The van der Waals surface area contributed by atoms with E-state index in [1.165, 1.54) is 35.6 Å². The van der Waals surface area contributed by atoms with E-state index in [-0.39, 0.29) is 40.7 Å². The SMILES string of the molecule is CC(C)(C)C[c-]1ccc2cc3c(cc21)CC(C)(C)C3.[CH3-].[CH3-].[Hf]. The molecule has 0 aromatic heterocycles. The number of hydrogen-bond donors (Lipinski definition) is 0. The van der Waals surface area contributed by atoms with E-state index < -0.39 is 0 Å².